The van der Waals surface area contributed by atoms with E-state index in [1.807, 2.05) is 12.1 Å². The van der Waals surface area contributed by atoms with Gasteiger partial charge in [0.05, 0.1) is 50.2 Å². The van der Waals surface area contributed by atoms with E-state index in [0.29, 0.717) is 62.4 Å². The van der Waals surface area contributed by atoms with Crippen molar-refractivity contribution in [3.63, 3.8) is 0 Å². The Balaban J connectivity index is 1.31. The maximum atomic E-state index is 13.0. The minimum absolute atomic E-state index is 0.156. The molecule has 0 saturated carbocycles. The Morgan fingerprint density at radius 3 is 1.26 bits per heavy atom. The first-order valence-electron chi connectivity index (χ1n) is 13.2. The first-order chi connectivity index (χ1) is 20.9. The molecule has 0 aliphatic carbocycles. The smallest absolute Gasteiger partial charge is 0.347 e. The van der Waals surface area contributed by atoms with Gasteiger partial charge in [-0.1, -0.05) is 12.1 Å². The molecule has 6 rings (SSSR count). The van der Waals surface area contributed by atoms with Crippen LogP contribution in [0.3, 0.4) is 0 Å². The lowest BCUT2D eigenvalue weighted by atomic mass is 10.0. The van der Waals surface area contributed by atoms with Crippen LogP contribution >= 0.6 is 0 Å². The lowest BCUT2D eigenvalue weighted by Gasteiger charge is -2.09. The van der Waals surface area contributed by atoms with E-state index in [1.165, 1.54) is 0 Å². The first-order valence-corrected chi connectivity index (χ1v) is 13.2. The van der Waals surface area contributed by atoms with Crippen LogP contribution in [0.1, 0.15) is 11.1 Å². The van der Waals surface area contributed by atoms with Gasteiger partial charge in [0.1, 0.15) is 23.0 Å². The van der Waals surface area contributed by atoms with Gasteiger partial charge in [0.25, 0.3) is 0 Å². The van der Waals surface area contributed by atoms with Gasteiger partial charge in [-0.3, -0.25) is 0 Å². The van der Waals surface area contributed by atoms with E-state index < -0.39 is 11.3 Å². The summed E-state index contributed by atoms with van der Waals surface area (Å²) in [7, 11) is 6.17. The zero-order valence-electron chi connectivity index (χ0n) is 23.8. The fourth-order valence-corrected chi connectivity index (χ4v) is 4.80. The summed E-state index contributed by atoms with van der Waals surface area (Å²) in [6.07, 6.45) is 0.453. The summed E-state index contributed by atoms with van der Waals surface area (Å²) >= 11 is 0. The van der Waals surface area contributed by atoms with E-state index in [0.717, 1.165) is 11.1 Å². The molecule has 0 unspecified atom stereocenters. The van der Waals surface area contributed by atoms with Crippen LogP contribution in [0.2, 0.25) is 0 Å². The van der Waals surface area contributed by atoms with Gasteiger partial charge in [-0.05, 0) is 66.1 Å². The Hall–Kier alpha value is -5.64. The number of fused-ring (bicyclic) bond motifs is 2. The molecule has 43 heavy (non-hydrogen) atoms. The van der Waals surface area contributed by atoms with Gasteiger partial charge in [0, 0.05) is 23.3 Å². The van der Waals surface area contributed by atoms with Crippen LogP contribution in [-0.2, 0) is 6.42 Å². The Morgan fingerprint density at radius 1 is 0.535 bits per heavy atom. The Kier molecular flexibility index (Phi) is 7.25. The van der Waals surface area contributed by atoms with Gasteiger partial charge in [0.15, 0.2) is 0 Å². The molecule has 6 aromatic rings. The molecule has 216 valence electrons. The molecule has 10 nitrogen and oxygen atoms in total. The highest BCUT2D eigenvalue weighted by Gasteiger charge is 2.15. The fourth-order valence-electron chi connectivity index (χ4n) is 4.80. The number of aromatic nitrogens is 2. The average Bonchev–Trinajstić information content (AvgIpc) is 3.04. The van der Waals surface area contributed by atoms with Gasteiger partial charge >= 0.3 is 11.3 Å². The second kappa shape index (κ2) is 11.3. The lowest BCUT2D eigenvalue weighted by Crippen LogP contribution is -2.05. The molecular weight excluding hydrogens is 552 g/mol. The maximum Gasteiger partial charge on any atom is 0.347 e. The van der Waals surface area contributed by atoms with Crippen LogP contribution in [0, 0.1) is 0 Å². The monoisotopic (exact) mass is 578 g/mol. The number of hydrogen-bond donors (Lipinski definition) is 0. The van der Waals surface area contributed by atoms with Gasteiger partial charge < -0.3 is 27.8 Å². The zero-order valence-corrected chi connectivity index (χ0v) is 23.8. The van der Waals surface area contributed by atoms with Crippen molar-refractivity contribution in [2.75, 3.05) is 28.4 Å². The first kappa shape index (κ1) is 27.5. The third-order valence-corrected chi connectivity index (χ3v) is 6.99. The van der Waals surface area contributed by atoms with Gasteiger partial charge in [-0.15, -0.1) is 0 Å². The normalized spacial score (nSPS) is 11.1. The molecule has 0 atom stereocenters. The largest absolute Gasteiger partial charge is 0.497 e. The van der Waals surface area contributed by atoms with Crippen LogP contribution in [0.5, 0.6) is 23.0 Å². The van der Waals surface area contributed by atoms with E-state index in [9.17, 15) is 9.59 Å². The van der Waals surface area contributed by atoms with Crippen LogP contribution in [-0.4, -0.2) is 38.4 Å². The predicted octanol–water partition coefficient (Wildman–Crippen LogP) is 5.65. The molecule has 2 heterocycles. The number of hydrogen-bond acceptors (Lipinski definition) is 10. The number of rotatable bonds is 8. The van der Waals surface area contributed by atoms with Crippen LogP contribution in [0.15, 0.2) is 91.2 Å². The van der Waals surface area contributed by atoms with Crippen molar-refractivity contribution in [2.24, 2.45) is 0 Å². The number of nitrogens with zero attached hydrogens (tertiary/aromatic N) is 2. The summed E-state index contributed by atoms with van der Waals surface area (Å²) in [6.45, 7) is 0. The molecule has 4 aromatic carbocycles. The highest BCUT2D eigenvalue weighted by molar-refractivity contribution is 5.81. The topological polar surface area (TPSA) is 123 Å². The SMILES string of the molecule is COc1cc(OC)cc(-c2nc3ccc(Cc4ccc5nc(-c6cc(OC)cc(OC)c6)oc(=O)c5c4)cc3c(=O)o2)c1. The average molecular weight is 579 g/mol. The Morgan fingerprint density at radius 2 is 0.907 bits per heavy atom. The molecule has 0 bridgehead atoms. The second-order valence-corrected chi connectivity index (χ2v) is 9.70. The molecule has 0 aliphatic rings. The summed E-state index contributed by atoms with van der Waals surface area (Å²) in [5.74, 6) is 2.50. The van der Waals surface area contributed by atoms with E-state index in [-0.39, 0.29) is 11.8 Å². The molecule has 0 amide bonds. The van der Waals surface area contributed by atoms with Crippen LogP contribution in [0.4, 0.5) is 0 Å². The Bertz CT molecular complexity index is 1920. The quantitative estimate of drug-likeness (QED) is 0.224. The van der Waals surface area contributed by atoms with Gasteiger partial charge in [0.2, 0.25) is 11.8 Å². The third-order valence-electron chi connectivity index (χ3n) is 6.99. The summed E-state index contributed by atoms with van der Waals surface area (Å²) < 4.78 is 32.4. The van der Waals surface area contributed by atoms with Crippen molar-refractivity contribution in [1.82, 2.24) is 9.97 Å². The van der Waals surface area contributed by atoms with E-state index in [4.69, 9.17) is 27.8 Å². The van der Waals surface area contributed by atoms with E-state index in [1.54, 1.807) is 89.1 Å². The number of ether oxygens (including phenoxy) is 4. The van der Waals surface area contributed by atoms with Crippen molar-refractivity contribution in [3.8, 4) is 45.9 Å². The number of benzene rings is 4. The molecule has 0 radical (unpaired) electrons. The second-order valence-electron chi connectivity index (χ2n) is 9.70. The highest BCUT2D eigenvalue weighted by atomic mass is 16.5. The third kappa shape index (κ3) is 5.50. The molecule has 10 heteroatoms. The van der Waals surface area contributed by atoms with Crippen molar-refractivity contribution >= 4 is 21.8 Å². The molecule has 0 N–H and O–H groups in total. The van der Waals surface area contributed by atoms with Crippen molar-refractivity contribution < 1.29 is 27.8 Å². The minimum Gasteiger partial charge on any atom is -0.497 e. The molecule has 2 aromatic heterocycles. The molecule has 0 aliphatic heterocycles. The molecular formula is C33H26N2O8. The van der Waals surface area contributed by atoms with Crippen molar-refractivity contribution in [2.45, 2.75) is 6.42 Å². The van der Waals surface area contributed by atoms with Gasteiger partial charge in [-0.2, -0.15) is 0 Å². The fraction of sp³-hybridized carbons (Fsp3) is 0.152. The summed E-state index contributed by atoms with van der Waals surface area (Å²) in [6, 6.07) is 21.1. The lowest BCUT2D eigenvalue weighted by molar-refractivity contribution is 0.394. The number of methoxy groups -OCH3 is 4. The zero-order chi connectivity index (χ0) is 30.1. The molecule has 0 spiro atoms. The maximum absolute atomic E-state index is 13.0. The Labute approximate surface area is 245 Å². The summed E-state index contributed by atoms with van der Waals surface area (Å²) in [5.41, 5.74) is 2.72. The van der Waals surface area contributed by atoms with Crippen molar-refractivity contribution in [3.05, 3.63) is 105 Å². The van der Waals surface area contributed by atoms with E-state index >= 15 is 0 Å². The van der Waals surface area contributed by atoms with Crippen LogP contribution < -0.4 is 30.2 Å². The van der Waals surface area contributed by atoms with E-state index in [2.05, 4.69) is 9.97 Å². The standard InChI is InChI=1S/C33H26N2O8/c1-38-22-12-20(13-23(16-22)39-2)30-34-28-7-5-18(10-26(28)32(36)42-30)9-19-6-8-29-27(11-19)33(37)43-31(35-29)21-14-24(40-3)17-25(15-21)41-4/h5-8,10-17H,9H2,1-4H3. The molecule has 0 fully saturated rings. The summed E-state index contributed by atoms with van der Waals surface area (Å²) in [4.78, 5) is 35.1. The van der Waals surface area contributed by atoms with Crippen molar-refractivity contribution in [1.29, 1.82) is 0 Å². The predicted molar refractivity (Wildman–Crippen MR) is 160 cm³/mol. The summed E-state index contributed by atoms with van der Waals surface area (Å²) in [5, 5.41) is 0.688. The highest BCUT2D eigenvalue weighted by Crippen LogP contribution is 2.31. The molecule has 0 saturated heterocycles. The minimum atomic E-state index is -0.520. The van der Waals surface area contributed by atoms with Gasteiger partial charge in [-0.25, -0.2) is 19.6 Å². The van der Waals surface area contributed by atoms with Crippen LogP contribution in [0.25, 0.3) is 44.7 Å².